The average Bonchev–Trinajstić information content (AvgIpc) is 2.91. The van der Waals surface area contributed by atoms with E-state index in [0.29, 0.717) is 17.0 Å². The highest BCUT2D eigenvalue weighted by Crippen LogP contribution is 2.25. The van der Waals surface area contributed by atoms with Gasteiger partial charge in [0.15, 0.2) is 0 Å². The maximum absolute atomic E-state index is 13.5. The number of aromatic nitrogens is 1. The monoisotopic (exact) mass is 477 g/mol. The Balaban J connectivity index is 1.46. The van der Waals surface area contributed by atoms with E-state index in [-0.39, 0.29) is 16.5 Å². The van der Waals surface area contributed by atoms with Gasteiger partial charge in [0.25, 0.3) is 5.91 Å². The number of benzene rings is 3. The Hall–Kier alpha value is -4.91. The molecule has 5 rings (SSSR count). The summed E-state index contributed by atoms with van der Waals surface area (Å²) in [5.41, 5.74) is 6.82. The Morgan fingerprint density at radius 1 is 0.944 bits per heavy atom. The van der Waals surface area contributed by atoms with Crippen molar-refractivity contribution in [3.05, 3.63) is 124 Å². The first-order valence-electron chi connectivity index (χ1n) is 11.2. The molecule has 7 heteroatoms. The minimum Gasteiger partial charge on any atom is -0.463 e. The predicted octanol–water partition coefficient (Wildman–Crippen LogP) is 5.73. The number of nitrogens with zero attached hydrogens (tertiary/aromatic N) is 2. The van der Waals surface area contributed by atoms with E-state index in [1.54, 1.807) is 12.1 Å². The molecule has 176 valence electrons. The highest BCUT2D eigenvalue weighted by atomic mass is 19.1. The molecule has 6 nitrogen and oxygen atoms in total. The molecular weight excluding hydrogens is 457 g/mol. The SMILES string of the molecule is Cc1ccc(-c2cc(C(=O)N/N=C/c3coc4ccc(F)cc4c3=O)cc(-c3ccccc3)n2)cc1. The Kier molecular flexibility index (Phi) is 6.19. The Morgan fingerprint density at radius 2 is 1.64 bits per heavy atom. The minimum atomic E-state index is -0.548. The van der Waals surface area contributed by atoms with E-state index < -0.39 is 17.2 Å². The molecule has 0 saturated carbocycles. The van der Waals surface area contributed by atoms with E-state index >= 15 is 0 Å². The summed E-state index contributed by atoms with van der Waals surface area (Å²) in [6, 6.07) is 24.5. The molecule has 2 aromatic heterocycles. The van der Waals surface area contributed by atoms with Gasteiger partial charge in [0.1, 0.15) is 17.7 Å². The van der Waals surface area contributed by atoms with Crippen LogP contribution >= 0.6 is 0 Å². The van der Waals surface area contributed by atoms with Crippen molar-refractivity contribution in [2.24, 2.45) is 5.10 Å². The number of pyridine rings is 1. The lowest BCUT2D eigenvalue weighted by molar-refractivity contribution is 0.0955. The van der Waals surface area contributed by atoms with E-state index in [2.05, 4.69) is 10.5 Å². The number of fused-ring (bicyclic) bond motifs is 1. The van der Waals surface area contributed by atoms with Gasteiger partial charge in [-0.05, 0) is 37.3 Å². The Bertz CT molecular complexity index is 1660. The molecule has 1 N–H and O–H groups in total. The molecule has 0 atom stereocenters. The number of amides is 1. The third-order valence-electron chi connectivity index (χ3n) is 5.64. The van der Waals surface area contributed by atoms with Crippen molar-refractivity contribution in [1.29, 1.82) is 0 Å². The van der Waals surface area contributed by atoms with Crippen LogP contribution in [-0.2, 0) is 0 Å². The van der Waals surface area contributed by atoms with Crippen LogP contribution in [0, 0.1) is 12.7 Å². The van der Waals surface area contributed by atoms with Gasteiger partial charge < -0.3 is 4.42 Å². The highest BCUT2D eigenvalue weighted by molar-refractivity contribution is 5.97. The van der Waals surface area contributed by atoms with Crippen molar-refractivity contribution in [2.45, 2.75) is 6.92 Å². The van der Waals surface area contributed by atoms with Gasteiger partial charge in [-0.3, -0.25) is 9.59 Å². The standard InChI is InChI=1S/C29H20FN3O3/c1-18-7-9-20(10-8-18)26-14-21(13-25(32-26)19-5-3-2-4-6-19)29(35)33-31-16-22-17-36-27-12-11-23(30)15-24(27)28(22)34/h2-17H,1H3,(H,33,35)/b31-16+. The van der Waals surface area contributed by atoms with Crippen molar-refractivity contribution < 1.29 is 13.6 Å². The third kappa shape index (κ3) is 4.81. The third-order valence-corrected chi connectivity index (χ3v) is 5.64. The molecule has 0 fully saturated rings. The lowest BCUT2D eigenvalue weighted by Crippen LogP contribution is -2.19. The van der Waals surface area contributed by atoms with Crippen LogP contribution in [0.1, 0.15) is 21.5 Å². The number of carbonyl (C=O) groups excluding carboxylic acids is 1. The molecule has 0 aliphatic heterocycles. The molecule has 2 heterocycles. The van der Waals surface area contributed by atoms with Gasteiger partial charge in [0.2, 0.25) is 5.43 Å². The fraction of sp³-hybridized carbons (Fsp3) is 0.0345. The van der Waals surface area contributed by atoms with Crippen LogP contribution in [-0.4, -0.2) is 17.1 Å². The summed E-state index contributed by atoms with van der Waals surface area (Å²) < 4.78 is 18.9. The summed E-state index contributed by atoms with van der Waals surface area (Å²) in [5.74, 6) is -1.02. The number of hydrazone groups is 1. The van der Waals surface area contributed by atoms with Crippen molar-refractivity contribution >= 4 is 23.1 Å². The zero-order chi connectivity index (χ0) is 25.1. The van der Waals surface area contributed by atoms with E-state index in [1.807, 2.05) is 61.5 Å². The summed E-state index contributed by atoms with van der Waals surface area (Å²) in [6.07, 6.45) is 2.39. The quantitative estimate of drug-likeness (QED) is 0.259. The predicted molar refractivity (Wildman–Crippen MR) is 137 cm³/mol. The topological polar surface area (TPSA) is 84.6 Å². The lowest BCUT2D eigenvalue weighted by Gasteiger charge is -2.09. The summed E-state index contributed by atoms with van der Waals surface area (Å²) in [5, 5.41) is 4.02. The Labute approximate surface area is 205 Å². The van der Waals surface area contributed by atoms with Crippen molar-refractivity contribution in [2.75, 3.05) is 0 Å². The number of nitrogens with one attached hydrogen (secondary N) is 1. The number of hydrogen-bond donors (Lipinski definition) is 1. The largest absolute Gasteiger partial charge is 0.463 e. The normalized spacial score (nSPS) is 11.2. The van der Waals surface area contributed by atoms with Gasteiger partial charge in [-0.15, -0.1) is 0 Å². The zero-order valence-electron chi connectivity index (χ0n) is 19.2. The summed E-state index contributed by atoms with van der Waals surface area (Å²) in [7, 11) is 0. The molecule has 1 amide bonds. The van der Waals surface area contributed by atoms with Gasteiger partial charge in [-0.1, -0.05) is 60.2 Å². The van der Waals surface area contributed by atoms with Crippen LogP contribution in [0.4, 0.5) is 4.39 Å². The second-order valence-electron chi connectivity index (χ2n) is 8.22. The zero-order valence-corrected chi connectivity index (χ0v) is 19.2. The van der Waals surface area contributed by atoms with Gasteiger partial charge in [0, 0.05) is 16.7 Å². The van der Waals surface area contributed by atoms with Crippen molar-refractivity contribution in [3.63, 3.8) is 0 Å². The molecule has 5 aromatic rings. The smallest absolute Gasteiger partial charge is 0.271 e. The van der Waals surface area contributed by atoms with Crippen LogP contribution in [0.25, 0.3) is 33.5 Å². The van der Waals surface area contributed by atoms with Crippen LogP contribution in [0.5, 0.6) is 0 Å². The molecule has 3 aromatic carbocycles. The van der Waals surface area contributed by atoms with Crippen LogP contribution < -0.4 is 10.9 Å². The number of aryl methyl sites for hydroxylation is 1. The van der Waals surface area contributed by atoms with Crippen molar-refractivity contribution in [1.82, 2.24) is 10.4 Å². The summed E-state index contributed by atoms with van der Waals surface area (Å²) in [6.45, 7) is 2.00. The van der Waals surface area contributed by atoms with E-state index in [0.717, 1.165) is 22.8 Å². The molecule has 0 saturated heterocycles. The van der Waals surface area contributed by atoms with E-state index in [9.17, 15) is 14.0 Å². The number of hydrogen-bond acceptors (Lipinski definition) is 5. The van der Waals surface area contributed by atoms with Gasteiger partial charge in [0.05, 0.1) is 28.6 Å². The second-order valence-corrected chi connectivity index (χ2v) is 8.22. The maximum Gasteiger partial charge on any atom is 0.271 e. The highest BCUT2D eigenvalue weighted by Gasteiger charge is 2.13. The fourth-order valence-corrected chi connectivity index (χ4v) is 3.72. The molecule has 0 spiro atoms. The average molecular weight is 477 g/mol. The Morgan fingerprint density at radius 3 is 2.36 bits per heavy atom. The number of rotatable bonds is 5. The first-order valence-corrected chi connectivity index (χ1v) is 11.2. The van der Waals surface area contributed by atoms with Crippen LogP contribution in [0.15, 0.2) is 106 Å². The number of halogens is 1. The number of carbonyl (C=O) groups is 1. The molecular formula is C29H20FN3O3. The van der Waals surface area contributed by atoms with Crippen LogP contribution in [0.2, 0.25) is 0 Å². The summed E-state index contributed by atoms with van der Waals surface area (Å²) in [4.78, 5) is 30.4. The fourth-order valence-electron chi connectivity index (χ4n) is 3.72. The molecule has 0 bridgehead atoms. The van der Waals surface area contributed by atoms with Crippen molar-refractivity contribution in [3.8, 4) is 22.5 Å². The molecule has 36 heavy (non-hydrogen) atoms. The maximum atomic E-state index is 13.5. The first-order chi connectivity index (χ1) is 17.5. The molecule has 0 radical (unpaired) electrons. The second kappa shape index (κ2) is 9.76. The molecule has 0 aliphatic rings. The summed E-state index contributed by atoms with van der Waals surface area (Å²) >= 11 is 0. The minimum absolute atomic E-state index is 0.0773. The first kappa shape index (κ1) is 22.9. The molecule has 0 aliphatic carbocycles. The molecule has 0 unspecified atom stereocenters. The lowest BCUT2D eigenvalue weighted by atomic mass is 10.0. The van der Waals surface area contributed by atoms with Gasteiger partial charge in [-0.25, -0.2) is 14.8 Å². The van der Waals surface area contributed by atoms with E-state index in [1.165, 1.54) is 24.6 Å². The van der Waals surface area contributed by atoms with Gasteiger partial charge >= 0.3 is 0 Å². The van der Waals surface area contributed by atoms with E-state index in [4.69, 9.17) is 9.40 Å². The van der Waals surface area contributed by atoms with Gasteiger partial charge in [-0.2, -0.15) is 5.10 Å². The van der Waals surface area contributed by atoms with Crippen LogP contribution in [0.3, 0.4) is 0 Å².